The first-order chi connectivity index (χ1) is 15.0. The van der Waals surface area contributed by atoms with Gasteiger partial charge in [0.25, 0.3) is 0 Å². The second-order valence-electron chi connectivity index (χ2n) is 8.40. The summed E-state index contributed by atoms with van der Waals surface area (Å²) >= 11 is 0. The van der Waals surface area contributed by atoms with E-state index < -0.39 is 0 Å². The van der Waals surface area contributed by atoms with Gasteiger partial charge in [-0.2, -0.15) is 10.4 Å². The normalized spacial score (nSPS) is 17.7. The number of ether oxygens (including phenoxy) is 1. The molecular formula is C25H24N4O2. The van der Waals surface area contributed by atoms with E-state index in [1.165, 1.54) is 12.8 Å². The van der Waals surface area contributed by atoms with Gasteiger partial charge < -0.3 is 9.64 Å². The number of hydrogen-bond acceptors (Lipinski definition) is 4. The van der Waals surface area contributed by atoms with Gasteiger partial charge in [0, 0.05) is 35.9 Å². The minimum Gasteiger partial charge on any atom is -0.456 e. The van der Waals surface area contributed by atoms with E-state index in [-0.39, 0.29) is 11.9 Å². The zero-order valence-corrected chi connectivity index (χ0v) is 17.7. The van der Waals surface area contributed by atoms with E-state index in [1.54, 1.807) is 19.1 Å². The number of aromatic nitrogens is 2. The Morgan fingerprint density at radius 1 is 1.16 bits per heavy atom. The average Bonchev–Trinajstić information content (AvgIpc) is 3.51. The van der Waals surface area contributed by atoms with Crippen LogP contribution in [0.4, 0.5) is 5.69 Å². The van der Waals surface area contributed by atoms with E-state index in [1.807, 2.05) is 40.0 Å². The first-order valence-electron chi connectivity index (χ1n) is 10.7. The summed E-state index contributed by atoms with van der Waals surface area (Å²) in [5, 5.41) is 13.6. The lowest BCUT2D eigenvalue weighted by molar-refractivity contribution is -0.117. The van der Waals surface area contributed by atoms with Gasteiger partial charge in [-0.1, -0.05) is 0 Å². The molecule has 3 aromatic rings. The van der Waals surface area contributed by atoms with E-state index >= 15 is 0 Å². The standard InChI is InChI=1S/C25H24N4O2/c1-16-3-10-23-24(29(16)17(2)30)12-11-22(19-14-27-28(15-19)20-6-7-20)25(23)31-21-8-4-18(13-26)5-9-21/h4-5,8-9,11-12,14-16,20H,3,6-7,10H2,1-2H3/t16-/m0/s1. The monoisotopic (exact) mass is 412 g/mol. The van der Waals surface area contributed by atoms with Crippen molar-refractivity contribution >= 4 is 11.6 Å². The van der Waals surface area contributed by atoms with E-state index in [0.29, 0.717) is 17.4 Å². The Balaban J connectivity index is 1.63. The molecule has 156 valence electrons. The Morgan fingerprint density at radius 2 is 1.94 bits per heavy atom. The SMILES string of the molecule is CC(=O)N1c2ccc(-c3cnn(C4CC4)c3)c(Oc3ccc(C#N)cc3)c2CC[C@@H]1C. The number of carbonyl (C=O) groups excluding carboxylic acids is 1. The van der Waals surface area contributed by atoms with Crippen LogP contribution in [0.25, 0.3) is 11.1 Å². The molecule has 1 aliphatic carbocycles. The first kappa shape index (κ1) is 19.4. The van der Waals surface area contributed by atoms with Crippen LogP contribution in [-0.2, 0) is 11.2 Å². The lowest BCUT2D eigenvalue weighted by Gasteiger charge is -2.36. The maximum atomic E-state index is 12.4. The van der Waals surface area contributed by atoms with Crippen LogP contribution in [0.2, 0.25) is 0 Å². The fraction of sp³-hybridized carbons (Fsp3) is 0.320. The summed E-state index contributed by atoms with van der Waals surface area (Å²) in [5.74, 6) is 1.46. The van der Waals surface area contributed by atoms with E-state index in [4.69, 9.17) is 10.00 Å². The average molecular weight is 412 g/mol. The van der Waals surface area contributed by atoms with Crippen molar-refractivity contribution < 1.29 is 9.53 Å². The summed E-state index contributed by atoms with van der Waals surface area (Å²) in [6, 6.07) is 14.0. The van der Waals surface area contributed by atoms with Crippen LogP contribution >= 0.6 is 0 Å². The Morgan fingerprint density at radius 3 is 2.61 bits per heavy atom. The van der Waals surface area contributed by atoms with Gasteiger partial charge in [-0.05, 0) is 69.0 Å². The Labute approximate surface area is 181 Å². The number of benzene rings is 2. The summed E-state index contributed by atoms with van der Waals surface area (Å²) in [4.78, 5) is 14.3. The highest BCUT2D eigenvalue weighted by atomic mass is 16.5. The molecular weight excluding hydrogens is 388 g/mol. The maximum absolute atomic E-state index is 12.4. The van der Waals surface area contributed by atoms with Crippen molar-refractivity contribution in [3.8, 4) is 28.7 Å². The molecule has 2 aliphatic rings. The Hall–Kier alpha value is -3.59. The molecule has 0 spiro atoms. The van der Waals surface area contributed by atoms with Gasteiger partial charge in [0.05, 0.1) is 29.6 Å². The highest BCUT2D eigenvalue weighted by Gasteiger charge is 2.31. The van der Waals surface area contributed by atoms with Crippen molar-refractivity contribution in [3.05, 3.63) is 59.9 Å². The maximum Gasteiger partial charge on any atom is 0.224 e. The number of rotatable bonds is 4. The number of anilines is 1. The van der Waals surface area contributed by atoms with Crippen LogP contribution in [0.15, 0.2) is 48.8 Å². The molecule has 0 saturated heterocycles. The molecule has 0 N–H and O–H groups in total. The minimum atomic E-state index is 0.0343. The quantitative estimate of drug-likeness (QED) is 0.588. The van der Waals surface area contributed by atoms with Gasteiger partial charge in [0.15, 0.2) is 0 Å². The van der Waals surface area contributed by atoms with Crippen molar-refractivity contribution in [2.45, 2.75) is 51.6 Å². The molecule has 6 nitrogen and oxygen atoms in total. The van der Waals surface area contributed by atoms with Gasteiger partial charge >= 0.3 is 0 Å². The minimum absolute atomic E-state index is 0.0343. The van der Waals surface area contributed by atoms with Gasteiger partial charge in [-0.15, -0.1) is 0 Å². The van der Waals surface area contributed by atoms with Crippen LogP contribution in [-0.4, -0.2) is 21.7 Å². The lowest BCUT2D eigenvalue weighted by atomic mass is 9.92. The smallest absolute Gasteiger partial charge is 0.224 e. The van der Waals surface area contributed by atoms with Gasteiger partial charge in [0.1, 0.15) is 11.5 Å². The molecule has 2 heterocycles. The number of fused-ring (bicyclic) bond motifs is 1. The Bertz CT molecular complexity index is 1190. The van der Waals surface area contributed by atoms with Crippen LogP contribution in [0.5, 0.6) is 11.5 Å². The van der Waals surface area contributed by atoms with Gasteiger partial charge in [-0.25, -0.2) is 0 Å². The lowest BCUT2D eigenvalue weighted by Crippen LogP contribution is -2.40. The van der Waals surface area contributed by atoms with Crippen LogP contribution < -0.4 is 9.64 Å². The largest absolute Gasteiger partial charge is 0.456 e. The summed E-state index contributed by atoms with van der Waals surface area (Å²) in [7, 11) is 0. The Kier molecular flexibility index (Phi) is 4.74. The third-order valence-electron chi connectivity index (χ3n) is 6.12. The van der Waals surface area contributed by atoms with E-state index in [0.717, 1.165) is 41.0 Å². The molecule has 1 aromatic heterocycles. The molecule has 1 atom stereocenters. The molecule has 0 unspecified atom stereocenters. The molecule has 5 rings (SSSR count). The molecule has 0 bridgehead atoms. The fourth-order valence-corrected chi connectivity index (χ4v) is 4.36. The van der Waals surface area contributed by atoms with Gasteiger partial charge in [-0.3, -0.25) is 9.48 Å². The molecule has 2 aromatic carbocycles. The fourth-order valence-electron chi connectivity index (χ4n) is 4.36. The summed E-state index contributed by atoms with van der Waals surface area (Å²) in [6.45, 7) is 3.69. The molecule has 1 saturated carbocycles. The molecule has 31 heavy (non-hydrogen) atoms. The van der Waals surface area contributed by atoms with Crippen molar-refractivity contribution in [2.24, 2.45) is 0 Å². The molecule has 1 fully saturated rings. The van der Waals surface area contributed by atoms with Crippen LogP contribution in [0.3, 0.4) is 0 Å². The summed E-state index contributed by atoms with van der Waals surface area (Å²) in [5.41, 5.74) is 4.51. The molecule has 1 aliphatic heterocycles. The predicted molar refractivity (Wildman–Crippen MR) is 118 cm³/mol. The topological polar surface area (TPSA) is 71.2 Å². The van der Waals surface area contributed by atoms with Crippen LogP contribution in [0, 0.1) is 11.3 Å². The first-order valence-corrected chi connectivity index (χ1v) is 10.7. The zero-order chi connectivity index (χ0) is 21.5. The zero-order valence-electron chi connectivity index (χ0n) is 17.7. The summed E-state index contributed by atoms with van der Waals surface area (Å²) < 4.78 is 8.46. The number of carbonyl (C=O) groups is 1. The molecule has 0 radical (unpaired) electrons. The molecule has 1 amide bonds. The number of hydrogen-bond donors (Lipinski definition) is 0. The highest BCUT2D eigenvalue weighted by Crippen LogP contribution is 2.45. The van der Waals surface area contributed by atoms with Crippen molar-refractivity contribution in [1.82, 2.24) is 9.78 Å². The predicted octanol–water partition coefficient (Wildman–Crippen LogP) is 5.24. The van der Waals surface area contributed by atoms with Crippen molar-refractivity contribution in [1.29, 1.82) is 5.26 Å². The van der Waals surface area contributed by atoms with Crippen LogP contribution in [0.1, 0.15) is 50.3 Å². The number of nitrogens with zero attached hydrogens (tertiary/aromatic N) is 4. The molecule has 6 heteroatoms. The van der Waals surface area contributed by atoms with Crippen molar-refractivity contribution in [3.63, 3.8) is 0 Å². The van der Waals surface area contributed by atoms with Crippen molar-refractivity contribution in [2.75, 3.05) is 4.90 Å². The van der Waals surface area contributed by atoms with E-state index in [9.17, 15) is 4.79 Å². The van der Waals surface area contributed by atoms with Gasteiger partial charge in [0.2, 0.25) is 5.91 Å². The highest BCUT2D eigenvalue weighted by molar-refractivity contribution is 5.95. The second kappa shape index (κ2) is 7.59. The summed E-state index contributed by atoms with van der Waals surface area (Å²) in [6.07, 6.45) is 8.02. The number of amides is 1. The third kappa shape index (κ3) is 3.57. The third-order valence-corrected chi connectivity index (χ3v) is 6.12. The van der Waals surface area contributed by atoms with E-state index in [2.05, 4.69) is 24.3 Å². The second-order valence-corrected chi connectivity index (χ2v) is 8.40. The number of nitriles is 1.